The minimum absolute atomic E-state index is 0.144. The van der Waals surface area contributed by atoms with Crippen LogP contribution in [0.25, 0.3) is 10.8 Å². The van der Waals surface area contributed by atoms with Crippen LogP contribution in [0.15, 0.2) is 60.7 Å². The first-order valence-corrected chi connectivity index (χ1v) is 9.57. The van der Waals surface area contributed by atoms with Crippen LogP contribution in [-0.2, 0) is 23.2 Å². The third kappa shape index (κ3) is 2.38. The molecule has 1 N–H and O–H groups in total. The third-order valence-corrected chi connectivity index (χ3v) is 6.68. The second-order valence-electron chi connectivity index (χ2n) is 7.89. The average Bonchev–Trinajstić information content (AvgIpc) is 3.10. The van der Waals surface area contributed by atoms with Crippen molar-refractivity contribution in [3.8, 4) is 5.75 Å². The Bertz CT molecular complexity index is 1050. The summed E-state index contributed by atoms with van der Waals surface area (Å²) in [6, 6.07) is 20.8. The molecule has 1 saturated carbocycles. The van der Waals surface area contributed by atoms with Crippen molar-refractivity contribution in [2.45, 2.75) is 31.8 Å². The maximum absolute atomic E-state index is 11.6. The molecule has 3 aromatic carbocycles. The predicted octanol–water partition coefficient (Wildman–Crippen LogP) is 4.95. The summed E-state index contributed by atoms with van der Waals surface area (Å²) in [6.45, 7) is 2.60. The van der Waals surface area contributed by atoms with Gasteiger partial charge in [0, 0.05) is 5.41 Å². The summed E-state index contributed by atoms with van der Waals surface area (Å²) in [5.74, 6) is 0.186. The first kappa shape index (κ1) is 16.4. The van der Waals surface area contributed by atoms with E-state index in [9.17, 15) is 9.90 Å². The van der Waals surface area contributed by atoms with E-state index in [0.717, 1.165) is 18.6 Å². The number of carboxylic acids is 1. The van der Waals surface area contributed by atoms with Crippen LogP contribution in [0.3, 0.4) is 0 Å². The van der Waals surface area contributed by atoms with E-state index in [1.54, 1.807) is 0 Å². The zero-order valence-corrected chi connectivity index (χ0v) is 15.3. The topological polar surface area (TPSA) is 46.5 Å². The third-order valence-electron chi connectivity index (χ3n) is 6.68. The number of benzene rings is 3. The summed E-state index contributed by atoms with van der Waals surface area (Å²) in [6.07, 6.45) is 1.88. The summed E-state index contributed by atoms with van der Waals surface area (Å²) in [7, 11) is 0. The van der Waals surface area contributed by atoms with Gasteiger partial charge in [-0.15, -0.1) is 0 Å². The Labute approximate surface area is 158 Å². The number of aryl methyl sites for hydroxylation is 1. The van der Waals surface area contributed by atoms with Crippen molar-refractivity contribution in [3.63, 3.8) is 0 Å². The van der Waals surface area contributed by atoms with Crippen LogP contribution in [0.2, 0.25) is 0 Å². The average molecular weight is 358 g/mol. The van der Waals surface area contributed by atoms with Crippen LogP contribution in [0.4, 0.5) is 0 Å². The highest BCUT2D eigenvalue weighted by molar-refractivity contribution is 5.85. The van der Waals surface area contributed by atoms with Gasteiger partial charge in [0.2, 0.25) is 0 Å². The standard InChI is InChI=1S/C24H22O3/c1-15-22(23(25)26)24(15)12-11-17-13-19(9-10-21(17)24)27-14-18-7-4-6-16-5-2-3-8-20(16)18/h2-10,13,15,22H,11-12,14H2,1H3,(H,25,26). The molecule has 3 aromatic rings. The molecule has 3 nitrogen and oxygen atoms in total. The van der Waals surface area contributed by atoms with Crippen LogP contribution in [-0.4, -0.2) is 11.1 Å². The number of rotatable bonds is 4. The summed E-state index contributed by atoms with van der Waals surface area (Å²) in [5.41, 5.74) is 3.50. The van der Waals surface area contributed by atoms with Crippen LogP contribution >= 0.6 is 0 Å². The quantitative estimate of drug-likeness (QED) is 0.717. The highest BCUT2D eigenvalue weighted by atomic mass is 16.5. The molecule has 1 fully saturated rings. The van der Waals surface area contributed by atoms with Crippen molar-refractivity contribution >= 4 is 16.7 Å². The monoisotopic (exact) mass is 358 g/mol. The van der Waals surface area contributed by atoms with Crippen molar-refractivity contribution in [3.05, 3.63) is 77.4 Å². The molecule has 0 aliphatic heterocycles. The Morgan fingerprint density at radius 1 is 1.15 bits per heavy atom. The second kappa shape index (κ2) is 5.85. The van der Waals surface area contributed by atoms with Gasteiger partial charge in [0.05, 0.1) is 5.92 Å². The molecular weight excluding hydrogens is 336 g/mol. The maximum Gasteiger partial charge on any atom is 0.307 e. The summed E-state index contributed by atoms with van der Waals surface area (Å²) >= 11 is 0. The molecule has 0 bridgehead atoms. The lowest BCUT2D eigenvalue weighted by Gasteiger charge is -2.13. The Balaban J connectivity index is 1.38. The minimum Gasteiger partial charge on any atom is -0.489 e. The van der Waals surface area contributed by atoms with Crippen LogP contribution in [0.1, 0.15) is 30.0 Å². The number of hydrogen-bond donors (Lipinski definition) is 1. The second-order valence-corrected chi connectivity index (χ2v) is 7.89. The van der Waals surface area contributed by atoms with Crippen molar-refractivity contribution in [1.82, 2.24) is 0 Å². The number of fused-ring (bicyclic) bond motifs is 3. The lowest BCUT2D eigenvalue weighted by molar-refractivity contribution is -0.139. The van der Waals surface area contributed by atoms with Gasteiger partial charge in [0.15, 0.2) is 0 Å². The van der Waals surface area contributed by atoms with Gasteiger partial charge in [-0.3, -0.25) is 4.79 Å². The molecule has 1 spiro atoms. The molecule has 0 saturated heterocycles. The first-order valence-electron chi connectivity index (χ1n) is 9.57. The molecule has 2 aliphatic carbocycles. The van der Waals surface area contributed by atoms with E-state index >= 15 is 0 Å². The zero-order chi connectivity index (χ0) is 18.6. The van der Waals surface area contributed by atoms with Gasteiger partial charge < -0.3 is 9.84 Å². The minimum atomic E-state index is -0.661. The molecule has 0 aromatic heterocycles. The zero-order valence-electron chi connectivity index (χ0n) is 15.3. The first-order chi connectivity index (χ1) is 13.1. The summed E-state index contributed by atoms with van der Waals surface area (Å²) in [5, 5.41) is 11.9. The maximum atomic E-state index is 11.6. The lowest BCUT2D eigenvalue weighted by atomic mass is 9.94. The molecule has 2 aliphatic rings. The summed E-state index contributed by atoms with van der Waals surface area (Å²) < 4.78 is 6.10. The van der Waals surface area contributed by atoms with E-state index in [1.165, 1.54) is 27.5 Å². The van der Waals surface area contributed by atoms with Gasteiger partial charge in [-0.1, -0.05) is 55.5 Å². The molecule has 3 atom stereocenters. The van der Waals surface area contributed by atoms with Crippen molar-refractivity contribution in [2.24, 2.45) is 11.8 Å². The van der Waals surface area contributed by atoms with Crippen molar-refractivity contribution in [1.29, 1.82) is 0 Å². The van der Waals surface area contributed by atoms with Gasteiger partial charge >= 0.3 is 5.97 Å². The van der Waals surface area contributed by atoms with Crippen molar-refractivity contribution < 1.29 is 14.6 Å². The van der Waals surface area contributed by atoms with Gasteiger partial charge in [-0.25, -0.2) is 0 Å². The lowest BCUT2D eigenvalue weighted by Crippen LogP contribution is -2.11. The van der Waals surface area contributed by atoms with Crippen LogP contribution in [0.5, 0.6) is 5.75 Å². The molecule has 27 heavy (non-hydrogen) atoms. The van der Waals surface area contributed by atoms with Gasteiger partial charge in [0.25, 0.3) is 0 Å². The highest BCUT2D eigenvalue weighted by Crippen LogP contribution is 2.66. The Hall–Kier alpha value is -2.81. The van der Waals surface area contributed by atoms with E-state index in [-0.39, 0.29) is 17.3 Å². The fourth-order valence-electron chi connectivity index (χ4n) is 5.24. The highest BCUT2D eigenvalue weighted by Gasteiger charge is 2.68. The molecule has 0 amide bonds. The van der Waals surface area contributed by atoms with Gasteiger partial charge in [0.1, 0.15) is 12.4 Å². The number of hydrogen-bond acceptors (Lipinski definition) is 2. The van der Waals surface area contributed by atoms with Crippen molar-refractivity contribution in [2.75, 3.05) is 0 Å². The summed E-state index contributed by atoms with van der Waals surface area (Å²) in [4.78, 5) is 11.6. The van der Waals surface area contributed by atoms with E-state index in [4.69, 9.17) is 4.74 Å². The number of ether oxygens (including phenoxy) is 1. The molecule has 3 unspecified atom stereocenters. The Morgan fingerprint density at radius 3 is 2.78 bits per heavy atom. The molecule has 136 valence electrons. The molecule has 0 heterocycles. The van der Waals surface area contributed by atoms with E-state index in [1.807, 2.05) is 12.1 Å². The van der Waals surface area contributed by atoms with Crippen LogP contribution in [0, 0.1) is 11.8 Å². The molecular formula is C24H22O3. The molecule has 0 radical (unpaired) electrons. The molecule has 3 heteroatoms. The van der Waals surface area contributed by atoms with E-state index in [2.05, 4.69) is 55.5 Å². The van der Waals surface area contributed by atoms with Gasteiger partial charge in [-0.2, -0.15) is 0 Å². The normalized spacial score (nSPS) is 25.5. The van der Waals surface area contributed by atoms with Gasteiger partial charge in [-0.05, 0) is 58.4 Å². The SMILES string of the molecule is CC1C(C(=O)O)C12CCc1cc(OCc3cccc4ccccc34)ccc12. The van der Waals surface area contributed by atoms with E-state index < -0.39 is 5.97 Å². The van der Waals surface area contributed by atoms with E-state index in [0.29, 0.717) is 6.61 Å². The number of carbonyl (C=O) groups is 1. The largest absolute Gasteiger partial charge is 0.489 e. The fraction of sp³-hybridized carbons (Fsp3) is 0.292. The van der Waals surface area contributed by atoms with Crippen LogP contribution < -0.4 is 4.74 Å². The Morgan fingerprint density at radius 2 is 1.96 bits per heavy atom. The number of carboxylic acid groups (broad SMARTS) is 1. The number of aliphatic carboxylic acids is 1. The fourth-order valence-corrected chi connectivity index (χ4v) is 5.24. The smallest absolute Gasteiger partial charge is 0.307 e. The Kier molecular flexibility index (Phi) is 3.55. The predicted molar refractivity (Wildman–Crippen MR) is 105 cm³/mol. The molecule has 5 rings (SSSR count).